The SMILES string of the molecule is CNC(=O)OC(Cc1ccccc1)C(=O)NC(Cc1ccc(N)cc1)c1csc(-c2cccs2)n1. The van der Waals surface area contributed by atoms with E-state index in [-0.39, 0.29) is 12.3 Å². The zero-order valence-corrected chi connectivity index (χ0v) is 20.8. The van der Waals surface area contributed by atoms with E-state index in [1.54, 1.807) is 11.3 Å². The Morgan fingerprint density at radius 2 is 1.71 bits per heavy atom. The summed E-state index contributed by atoms with van der Waals surface area (Å²) in [5.41, 5.74) is 9.16. The molecule has 0 radical (unpaired) electrons. The molecule has 4 aromatic rings. The van der Waals surface area contributed by atoms with Gasteiger partial charge in [-0.1, -0.05) is 48.5 Å². The molecule has 0 aliphatic heterocycles. The van der Waals surface area contributed by atoms with Crippen LogP contribution >= 0.6 is 22.7 Å². The zero-order valence-electron chi connectivity index (χ0n) is 19.1. The summed E-state index contributed by atoms with van der Waals surface area (Å²) in [5, 5.41) is 10.4. The average molecular weight is 507 g/mol. The molecule has 9 heteroatoms. The Morgan fingerprint density at radius 3 is 2.40 bits per heavy atom. The second-order valence-corrected chi connectivity index (χ2v) is 9.70. The summed E-state index contributed by atoms with van der Waals surface area (Å²) < 4.78 is 5.44. The molecule has 180 valence electrons. The molecule has 2 aromatic heterocycles. The monoisotopic (exact) mass is 506 g/mol. The van der Waals surface area contributed by atoms with Crippen molar-refractivity contribution in [2.45, 2.75) is 25.0 Å². The maximum atomic E-state index is 13.4. The van der Waals surface area contributed by atoms with Crippen LogP contribution in [-0.4, -0.2) is 30.1 Å². The lowest BCUT2D eigenvalue weighted by atomic mass is 10.0. The second-order valence-electron chi connectivity index (χ2n) is 7.90. The number of nitrogens with zero attached hydrogens (tertiary/aromatic N) is 1. The minimum atomic E-state index is -0.998. The predicted octanol–water partition coefficient (Wildman–Crippen LogP) is 4.82. The lowest BCUT2D eigenvalue weighted by Crippen LogP contribution is -2.43. The first kappa shape index (κ1) is 24.4. The number of hydrogen-bond donors (Lipinski definition) is 3. The van der Waals surface area contributed by atoms with Crippen molar-refractivity contribution in [1.82, 2.24) is 15.6 Å². The number of amides is 2. The Balaban J connectivity index is 1.59. The summed E-state index contributed by atoms with van der Waals surface area (Å²) in [7, 11) is 1.46. The molecule has 0 fully saturated rings. The van der Waals surface area contributed by atoms with E-state index in [4.69, 9.17) is 15.5 Å². The molecule has 0 spiro atoms. The van der Waals surface area contributed by atoms with Crippen LogP contribution in [0.3, 0.4) is 0 Å². The number of nitrogen functional groups attached to an aromatic ring is 1. The van der Waals surface area contributed by atoms with Crippen LogP contribution in [-0.2, 0) is 22.4 Å². The van der Waals surface area contributed by atoms with Crippen molar-refractivity contribution in [3.63, 3.8) is 0 Å². The molecule has 2 aromatic carbocycles. The number of aromatic nitrogens is 1. The molecule has 0 aliphatic rings. The van der Waals surface area contributed by atoms with Gasteiger partial charge in [-0.15, -0.1) is 22.7 Å². The fourth-order valence-electron chi connectivity index (χ4n) is 3.55. The van der Waals surface area contributed by atoms with Crippen LogP contribution in [0, 0.1) is 0 Å². The van der Waals surface area contributed by atoms with Gasteiger partial charge in [-0.05, 0) is 41.1 Å². The molecule has 2 atom stereocenters. The maximum absolute atomic E-state index is 13.4. The van der Waals surface area contributed by atoms with Crippen molar-refractivity contribution in [2.24, 2.45) is 0 Å². The summed E-state index contributed by atoms with van der Waals surface area (Å²) in [6.45, 7) is 0. The molecule has 2 unspecified atom stereocenters. The molecule has 4 rings (SSSR count). The van der Waals surface area contributed by atoms with Crippen molar-refractivity contribution in [1.29, 1.82) is 0 Å². The first-order chi connectivity index (χ1) is 17.0. The van der Waals surface area contributed by atoms with Gasteiger partial charge in [-0.3, -0.25) is 4.79 Å². The summed E-state index contributed by atoms with van der Waals surface area (Å²) in [5.74, 6) is -0.386. The van der Waals surface area contributed by atoms with Gasteiger partial charge in [-0.2, -0.15) is 0 Å². The number of nitrogens with one attached hydrogen (secondary N) is 2. The summed E-state index contributed by atoms with van der Waals surface area (Å²) in [4.78, 5) is 31.3. The summed E-state index contributed by atoms with van der Waals surface area (Å²) >= 11 is 3.15. The molecule has 2 amide bonds. The van der Waals surface area contributed by atoms with Crippen LogP contribution in [0.4, 0.5) is 10.5 Å². The number of alkyl carbamates (subject to hydrolysis) is 1. The fraction of sp³-hybridized carbons (Fsp3) is 0.192. The molecule has 4 N–H and O–H groups in total. The minimum Gasteiger partial charge on any atom is -0.436 e. The zero-order chi connectivity index (χ0) is 24.6. The smallest absolute Gasteiger partial charge is 0.407 e. The van der Waals surface area contributed by atoms with E-state index in [9.17, 15) is 9.59 Å². The standard InChI is InChI=1S/C26H26N4O3S2/c1-28-26(32)33-22(15-17-6-3-2-4-7-17)24(31)29-20(14-18-9-11-19(27)12-10-18)21-16-35-25(30-21)23-8-5-13-34-23/h2-13,16,20,22H,14-15,27H2,1H3,(H,28,32)(H,29,31). The highest BCUT2D eigenvalue weighted by Crippen LogP contribution is 2.31. The molecule has 7 nitrogen and oxygen atoms in total. The van der Waals surface area contributed by atoms with E-state index in [2.05, 4.69) is 10.6 Å². The number of anilines is 1. The van der Waals surface area contributed by atoms with E-state index in [1.165, 1.54) is 18.4 Å². The van der Waals surface area contributed by atoms with Gasteiger partial charge in [0, 0.05) is 24.5 Å². The lowest BCUT2D eigenvalue weighted by Gasteiger charge is -2.22. The number of benzene rings is 2. The number of carbonyl (C=O) groups is 2. The Morgan fingerprint density at radius 1 is 0.971 bits per heavy atom. The number of carbonyl (C=O) groups excluding carboxylic acids is 2. The van der Waals surface area contributed by atoms with Crippen LogP contribution in [0.15, 0.2) is 77.5 Å². The number of nitrogens with two attached hydrogens (primary N) is 1. The van der Waals surface area contributed by atoms with Gasteiger partial charge in [0.15, 0.2) is 6.10 Å². The Bertz CT molecular complexity index is 1240. The topological polar surface area (TPSA) is 106 Å². The molecule has 0 bridgehead atoms. The first-order valence-corrected chi connectivity index (χ1v) is 12.8. The van der Waals surface area contributed by atoms with Gasteiger partial charge in [0.1, 0.15) is 5.01 Å². The van der Waals surface area contributed by atoms with Crippen LogP contribution in [0.5, 0.6) is 0 Å². The molecule has 35 heavy (non-hydrogen) atoms. The number of thiophene rings is 1. The van der Waals surface area contributed by atoms with E-state index < -0.39 is 18.2 Å². The van der Waals surface area contributed by atoms with Crippen LogP contribution < -0.4 is 16.4 Å². The molecule has 0 saturated carbocycles. The van der Waals surface area contributed by atoms with Gasteiger partial charge < -0.3 is 21.1 Å². The Labute approximate surface area is 212 Å². The van der Waals surface area contributed by atoms with Gasteiger partial charge in [0.05, 0.1) is 16.6 Å². The summed E-state index contributed by atoms with van der Waals surface area (Å²) in [6, 6.07) is 20.6. The fourth-order valence-corrected chi connectivity index (χ4v) is 5.24. The number of thiazole rings is 1. The van der Waals surface area contributed by atoms with Crippen LogP contribution in [0.25, 0.3) is 9.88 Å². The van der Waals surface area contributed by atoms with Gasteiger partial charge in [0.25, 0.3) is 5.91 Å². The minimum absolute atomic E-state index is 0.256. The summed E-state index contributed by atoms with van der Waals surface area (Å²) in [6.07, 6.45) is -0.893. The predicted molar refractivity (Wildman–Crippen MR) is 140 cm³/mol. The maximum Gasteiger partial charge on any atom is 0.407 e. The number of rotatable bonds is 9. The van der Waals surface area contributed by atoms with Crippen molar-refractivity contribution in [3.05, 3.63) is 94.3 Å². The first-order valence-electron chi connectivity index (χ1n) is 11.1. The molecular weight excluding hydrogens is 480 g/mol. The van der Waals surface area contributed by atoms with E-state index in [0.717, 1.165) is 26.7 Å². The third-order valence-electron chi connectivity index (χ3n) is 5.36. The van der Waals surface area contributed by atoms with E-state index in [0.29, 0.717) is 12.1 Å². The van der Waals surface area contributed by atoms with Crippen LogP contribution in [0.2, 0.25) is 0 Å². The van der Waals surface area contributed by atoms with E-state index >= 15 is 0 Å². The van der Waals surface area contributed by atoms with Crippen LogP contribution in [0.1, 0.15) is 22.9 Å². The van der Waals surface area contributed by atoms with E-state index in [1.807, 2.05) is 77.5 Å². The average Bonchev–Trinajstić information content (AvgIpc) is 3.57. The molecule has 0 saturated heterocycles. The van der Waals surface area contributed by atoms with Crippen molar-refractivity contribution < 1.29 is 14.3 Å². The number of ether oxygens (including phenoxy) is 1. The Hall–Kier alpha value is -3.69. The second kappa shape index (κ2) is 11.6. The van der Waals surface area contributed by atoms with Crippen molar-refractivity contribution >= 4 is 40.4 Å². The third kappa shape index (κ3) is 6.68. The van der Waals surface area contributed by atoms with Gasteiger partial charge in [-0.25, -0.2) is 9.78 Å². The highest BCUT2D eigenvalue weighted by Gasteiger charge is 2.27. The Kier molecular flexibility index (Phi) is 8.12. The van der Waals surface area contributed by atoms with Gasteiger partial charge >= 0.3 is 6.09 Å². The highest BCUT2D eigenvalue weighted by atomic mass is 32.1. The lowest BCUT2D eigenvalue weighted by molar-refractivity contribution is -0.130. The van der Waals surface area contributed by atoms with Gasteiger partial charge in [0.2, 0.25) is 0 Å². The van der Waals surface area contributed by atoms with Crippen molar-refractivity contribution in [3.8, 4) is 9.88 Å². The molecule has 2 heterocycles. The molecular formula is C26H26N4O3S2. The largest absolute Gasteiger partial charge is 0.436 e. The highest BCUT2D eigenvalue weighted by molar-refractivity contribution is 7.20. The van der Waals surface area contributed by atoms with Crippen molar-refractivity contribution in [2.75, 3.05) is 12.8 Å². The molecule has 0 aliphatic carbocycles. The third-order valence-corrected chi connectivity index (χ3v) is 7.26. The number of hydrogen-bond acceptors (Lipinski definition) is 7. The normalized spacial score (nSPS) is 12.5. The quantitative estimate of drug-likeness (QED) is 0.282.